The van der Waals surface area contributed by atoms with Gasteiger partial charge in [0.2, 0.25) is 5.95 Å². The molecule has 10 heteroatoms. The van der Waals surface area contributed by atoms with Crippen LogP contribution in [-0.4, -0.2) is 43.6 Å². The second-order valence-electron chi connectivity index (χ2n) is 8.53. The highest BCUT2D eigenvalue weighted by atomic mass is 35.5. The molecular weight excluding hydrogens is 504 g/mol. The van der Waals surface area contributed by atoms with Crippen LogP contribution in [0.2, 0.25) is 10.0 Å². The van der Waals surface area contributed by atoms with Crippen LogP contribution < -0.4 is 5.32 Å². The number of aromatic nitrogens is 3. The van der Waals surface area contributed by atoms with Gasteiger partial charge >= 0.3 is 0 Å². The SMILES string of the molecule is Cc1cnc(Nc2ccc(F)cc2Cl)nc1-c1cc2n(c1)CCN([C@H](CO)c1ccc(Cl)cc1)C2=O. The van der Waals surface area contributed by atoms with Crippen LogP contribution >= 0.6 is 23.2 Å². The Morgan fingerprint density at radius 2 is 1.92 bits per heavy atom. The Hall–Kier alpha value is -3.46. The molecule has 1 atom stereocenters. The molecule has 36 heavy (non-hydrogen) atoms. The molecule has 0 aliphatic carbocycles. The molecule has 0 spiro atoms. The third-order valence-corrected chi connectivity index (χ3v) is 6.75. The number of carbonyl (C=O) groups is 1. The van der Waals surface area contributed by atoms with Crippen LogP contribution in [0, 0.1) is 12.7 Å². The van der Waals surface area contributed by atoms with Crippen molar-refractivity contribution in [3.8, 4) is 11.3 Å². The summed E-state index contributed by atoms with van der Waals surface area (Å²) in [6, 6.07) is 12.5. The molecule has 4 aromatic rings. The number of hydrogen-bond acceptors (Lipinski definition) is 5. The second-order valence-corrected chi connectivity index (χ2v) is 9.37. The van der Waals surface area contributed by atoms with Crippen LogP contribution in [0.1, 0.15) is 27.7 Å². The van der Waals surface area contributed by atoms with Crippen LogP contribution in [0.3, 0.4) is 0 Å². The van der Waals surface area contributed by atoms with Crippen molar-refractivity contribution in [2.45, 2.75) is 19.5 Å². The average Bonchev–Trinajstić information content (AvgIpc) is 3.30. The van der Waals surface area contributed by atoms with Crippen LogP contribution in [-0.2, 0) is 6.54 Å². The maximum atomic E-state index is 13.4. The Labute approximate surface area is 217 Å². The Bertz CT molecular complexity index is 1440. The first-order valence-corrected chi connectivity index (χ1v) is 12.0. The minimum absolute atomic E-state index is 0.176. The van der Waals surface area contributed by atoms with E-state index in [1.807, 2.05) is 29.8 Å². The van der Waals surface area contributed by atoms with Gasteiger partial charge in [0.25, 0.3) is 5.91 Å². The summed E-state index contributed by atoms with van der Waals surface area (Å²) in [6.07, 6.45) is 3.57. The van der Waals surface area contributed by atoms with Gasteiger partial charge < -0.3 is 19.9 Å². The van der Waals surface area contributed by atoms with E-state index in [0.29, 0.717) is 41.1 Å². The smallest absolute Gasteiger partial charge is 0.271 e. The predicted molar refractivity (Wildman–Crippen MR) is 137 cm³/mol. The Morgan fingerprint density at radius 1 is 1.14 bits per heavy atom. The van der Waals surface area contributed by atoms with Gasteiger partial charge in [0.05, 0.1) is 29.1 Å². The number of benzene rings is 2. The van der Waals surface area contributed by atoms with Crippen molar-refractivity contribution in [2.75, 3.05) is 18.5 Å². The molecule has 184 valence electrons. The number of halogens is 3. The summed E-state index contributed by atoms with van der Waals surface area (Å²) in [4.78, 5) is 24.1. The first-order valence-electron chi connectivity index (χ1n) is 11.3. The fraction of sp³-hybridized carbons (Fsp3) is 0.192. The van der Waals surface area contributed by atoms with Crippen LogP contribution in [0.4, 0.5) is 16.0 Å². The number of amides is 1. The molecule has 3 heterocycles. The molecule has 0 unspecified atom stereocenters. The van der Waals surface area contributed by atoms with Gasteiger partial charge in [-0.15, -0.1) is 0 Å². The zero-order valence-electron chi connectivity index (χ0n) is 19.3. The first-order chi connectivity index (χ1) is 17.3. The van der Waals surface area contributed by atoms with Gasteiger partial charge in [-0.25, -0.2) is 14.4 Å². The lowest BCUT2D eigenvalue weighted by atomic mass is 10.0. The fourth-order valence-electron chi connectivity index (χ4n) is 4.34. The number of nitrogens with one attached hydrogen (secondary N) is 1. The van der Waals surface area contributed by atoms with Gasteiger partial charge in [0.15, 0.2) is 0 Å². The normalized spacial score (nSPS) is 14.0. The van der Waals surface area contributed by atoms with Crippen molar-refractivity contribution in [3.63, 3.8) is 0 Å². The second kappa shape index (κ2) is 9.89. The summed E-state index contributed by atoms with van der Waals surface area (Å²) in [6.45, 7) is 2.71. The Balaban J connectivity index is 1.43. The van der Waals surface area contributed by atoms with E-state index in [1.165, 1.54) is 18.2 Å². The van der Waals surface area contributed by atoms with Crippen molar-refractivity contribution in [2.24, 2.45) is 0 Å². The molecule has 7 nitrogen and oxygen atoms in total. The molecule has 5 rings (SSSR count). The van der Waals surface area contributed by atoms with Crippen molar-refractivity contribution in [1.82, 2.24) is 19.4 Å². The third kappa shape index (κ3) is 4.67. The van der Waals surface area contributed by atoms with Gasteiger partial charge in [-0.2, -0.15) is 0 Å². The molecule has 1 aliphatic heterocycles. The molecule has 0 fully saturated rings. The highest BCUT2D eigenvalue weighted by Crippen LogP contribution is 2.31. The van der Waals surface area contributed by atoms with Crippen molar-refractivity contribution in [1.29, 1.82) is 0 Å². The van der Waals surface area contributed by atoms with Gasteiger partial charge in [0.1, 0.15) is 11.5 Å². The summed E-state index contributed by atoms with van der Waals surface area (Å²) in [5, 5.41) is 13.9. The zero-order chi connectivity index (χ0) is 25.4. The number of aliphatic hydroxyl groups is 1. The minimum Gasteiger partial charge on any atom is -0.394 e. The van der Waals surface area contributed by atoms with E-state index in [0.717, 1.165) is 16.7 Å². The Morgan fingerprint density at radius 3 is 2.64 bits per heavy atom. The number of hydrogen-bond donors (Lipinski definition) is 2. The molecular formula is C26H22Cl2FN5O2. The number of fused-ring (bicyclic) bond motifs is 1. The number of carbonyl (C=O) groups excluding carboxylic acids is 1. The monoisotopic (exact) mass is 525 g/mol. The Kier molecular flexibility index (Phi) is 6.66. The standard InChI is InChI=1S/C26H22Cl2FN5O2/c1-15-12-30-26(31-21-7-6-19(29)11-20(21)28)32-24(15)17-10-22-25(36)34(9-8-33(22)13-17)23(14-35)16-2-4-18(27)5-3-16/h2-7,10-13,23,35H,8-9,14H2,1H3,(H,30,31,32)/t23-/m1/s1. The van der Waals surface area contributed by atoms with E-state index in [9.17, 15) is 14.3 Å². The fourth-order valence-corrected chi connectivity index (χ4v) is 4.68. The molecule has 1 aliphatic rings. The number of rotatable bonds is 6. The lowest BCUT2D eigenvalue weighted by Crippen LogP contribution is -2.43. The molecule has 0 saturated heterocycles. The molecule has 1 amide bonds. The zero-order valence-corrected chi connectivity index (χ0v) is 20.8. The number of nitrogens with zero attached hydrogens (tertiary/aromatic N) is 4. The van der Waals surface area contributed by atoms with E-state index < -0.39 is 11.9 Å². The van der Waals surface area contributed by atoms with E-state index in [2.05, 4.69) is 15.3 Å². The highest BCUT2D eigenvalue weighted by molar-refractivity contribution is 6.33. The third-order valence-electron chi connectivity index (χ3n) is 6.19. The highest BCUT2D eigenvalue weighted by Gasteiger charge is 2.31. The molecule has 0 radical (unpaired) electrons. The molecule has 2 N–H and O–H groups in total. The van der Waals surface area contributed by atoms with Gasteiger partial charge in [-0.1, -0.05) is 35.3 Å². The summed E-state index contributed by atoms with van der Waals surface area (Å²) in [5.41, 5.74) is 4.05. The van der Waals surface area contributed by atoms with E-state index in [1.54, 1.807) is 29.3 Å². The lowest BCUT2D eigenvalue weighted by molar-refractivity contribution is 0.0526. The summed E-state index contributed by atoms with van der Waals surface area (Å²) >= 11 is 12.1. The molecule has 0 bridgehead atoms. The number of aryl methyl sites for hydroxylation is 1. The predicted octanol–water partition coefficient (Wildman–Crippen LogP) is 5.63. The molecule has 2 aromatic heterocycles. The van der Waals surface area contributed by atoms with Gasteiger partial charge in [-0.3, -0.25) is 4.79 Å². The van der Waals surface area contributed by atoms with Crippen molar-refractivity contribution in [3.05, 3.63) is 93.6 Å². The summed E-state index contributed by atoms with van der Waals surface area (Å²) < 4.78 is 15.3. The maximum absolute atomic E-state index is 13.4. The van der Waals surface area contributed by atoms with Gasteiger partial charge in [-0.05, 0) is 54.4 Å². The largest absolute Gasteiger partial charge is 0.394 e. The van der Waals surface area contributed by atoms with Crippen LogP contribution in [0.15, 0.2) is 60.9 Å². The molecule has 0 saturated carbocycles. The van der Waals surface area contributed by atoms with Crippen molar-refractivity contribution < 1.29 is 14.3 Å². The van der Waals surface area contributed by atoms with E-state index in [4.69, 9.17) is 23.2 Å². The van der Waals surface area contributed by atoms with Crippen molar-refractivity contribution >= 4 is 40.7 Å². The van der Waals surface area contributed by atoms with Crippen LogP contribution in [0.5, 0.6) is 0 Å². The van der Waals surface area contributed by atoms with E-state index >= 15 is 0 Å². The summed E-state index contributed by atoms with van der Waals surface area (Å²) in [7, 11) is 0. The minimum atomic E-state index is -0.473. The maximum Gasteiger partial charge on any atom is 0.271 e. The number of aliphatic hydroxyl groups excluding tert-OH is 1. The average molecular weight is 526 g/mol. The first kappa shape index (κ1) is 24.2. The molecule has 2 aromatic carbocycles. The summed E-state index contributed by atoms with van der Waals surface area (Å²) in [5.74, 6) is -0.317. The number of anilines is 2. The quantitative estimate of drug-likeness (QED) is 0.340. The van der Waals surface area contributed by atoms with Crippen LogP contribution in [0.25, 0.3) is 11.3 Å². The lowest BCUT2D eigenvalue weighted by Gasteiger charge is -2.34. The van der Waals surface area contributed by atoms with Gasteiger partial charge in [0, 0.05) is 36.1 Å². The van der Waals surface area contributed by atoms with E-state index in [-0.39, 0.29) is 17.5 Å². The topological polar surface area (TPSA) is 83.3 Å².